The van der Waals surface area contributed by atoms with E-state index < -0.39 is 5.97 Å². The minimum atomic E-state index is -0.841. The van der Waals surface area contributed by atoms with Crippen molar-refractivity contribution in [3.8, 4) is 0 Å². The van der Waals surface area contributed by atoms with Crippen molar-refractivity contribution in [2.24, 2.45) is 5.92 Å². The highest BCUT2D eigenvalue weighted by atomic mass is 32.2. The van der Waals surface area contributed by atoms with Gasteiger partial charge in [0.05, 0.1) is 5.69 Å². The maximum atomic E-state index is 11.8. The number of hydrogen-bond donors (Lipinski definition) is 3. The molecule has 1 atom stereocenters. The zero-order chi connectivity index (χ0) is 15.0. The van der Waals surface area contributed by atoms with E-state index in [4.69, 9.17) is 5.11 Å². The van der Waals surface area contributed by atoms with Crippen LogP contribution < -0.4 is 10.6 Å². The molecule has 5 nitrogen and oxygen atoms in total. The molecule has 20 heavy (non-hydrogen) atoms. The summed E-state index contributed by atoms with van der Waals surface area (Å²) < 4.78 is 0. The van der Waals surface area contributed by atoms with E-state index in [2.05, 4.69) is 10.6 Å². The van der Waals surface area contributed by atoms with Gasteiger partial charge in [0.2, 0.25) is 0 Å². The maximum Gasteiger partial charge on any atom is 0.319 e. The van der Waals surface area contributed by atoms with Gasteiger partial charge in [0.15, 0.2) is 0 Å². The molecule has 0 spiro atoms. The second-order valence-electron chi connectivity index (χ2n) is 4.41. The van der Waals surface area contributed by atoms with Crippen molar-refractivity contribution in [3.63, 3.8) is 0 Å². The molecule has 0 radical (unpaired) electrons. The number of amides is 2. The second kappa shape index (κ2) is 8.47. The summed E-state index contributed by atoms with van der Waals surface area (Å²) in [5, 5.41) is 14.2. The van der Waals surface area contributed by atoms with Crippen molar-refractivity contribution in [3.05, 3.63) is 24.3 Å². The lowest BCUT2D eigenvalue weighted by Crippen LogP contribution is -2.33. The van der Waals surface area contributed by atoms with Gasteiger partial charge in [0.1, 0.15) is 0 Å². The van der Waals surface area contributed by atoms with Gasteiger partial charge >= 0.3 is 12.0 Å². The van der Waals surface area contributed by atoms with Crippen LogP contribution in [-0.2, 0) is 4.79 Å². The number of aliphatic carboxylic acids is 1. The highest BCUT2D eigenvalue weighted by molar-refractivity contribution is 7.98. The SMILES string of the molecule is CCC(CNC(=O)Nc1ccccc1SC)CC(=O)O. The van der Waals surface area contributed by atoms with Crippen molar-refractivity contribution in [2.75, 3.05) is 18.1 Å². The van der Waals surface area contributed by atoms with Gasteiger partial charge in [-0.3, -0.25) is 4.79 Å². The molecule has 0 aliphatic carbocycles. The predicted octanol–water partition coefficient (Wildman–Crippen LogP) is 3.03. The van der Waals surface area contributed by atoms with E-state index in [9.17, 15) is 9.59 Å². The molecule has 0 aliphatic heterocycles. The van der Waals surface area contributed by atoms with Crippen molar-refractivity contribution in [1.29, 1.82) is 0 Å². The number of nitrogens with one attached hydrogen (secondary N) is 2. The van der Waals surface area contributed by atoms with E-state index in [0.717, 1.165) is 10.6 Å². The van der Waals surface area contributed by atoms with Crippen LogP contribution in [0.5, 0.6) is 0 Å². The molecule has 0 aromatic heterocycles. The van der Waals surface area contributed by atoms with Crippen LogP contribution in [0.4, 0.5) is 10.5 Å². The third-order valence-electron chi connectivity index (χ3n) is 2.95. The molecule has 1 aromatic rings. The molecule has 3 N–H and O–H groups in total. The molecule has 0 saturated heterocycles. The first kappa shape index (κ1) is 16.4. The molecule has 0 heterocycles. The van der Waals surface area contributed by atoms with Crippen LogP contribution in [0.2, 0.25) is 0 Å². The molecule has 0 fully saturated rings. The Morgan fingerprint density at radius 3 is 2.65 bits per heavy atom. The quantitative estimate of drug-likeness (QED) is 0.676. The fourth-order valence-electron chi connectivity index (χ4n) is 1.76. The zero-order valence-corrected chi connectivity index (χ0v) is 12.5. The number of hydrogen-bond acceptors (Lipinski definition) is 3. The van der Waals surface area contributed by atoms with Gasteiger partial charge in [-0.1, -0.05) is 25.5 Å². The molecule has 0 aliphatic rings. The molecule has 1 aromatic carbocycles. The Labute approximate surface area is 123 Å². The Bertz CT molecular complexity index is 465. The van der Waals surface area contributed by atoms with Crippen LogP contribution in [0.3, 0.4) is 0 Å². The molecule has 110 valence electrons. The fourth-order valence-corrected chi connectivity index (χ4v) is 2.31. The number of carbonyl (C=O) groups excluding carboxylic acids is 1. The van der Waals surface area contributed by atoms with Gasteiger partial charge < -0.3 is 15.7 Å². The topological polar surface area (TPSA) is 78.4 Å². The first-order valence-electron chi connectivity index (χ1n) is 6.46. The first-order valence-corrected chi connectivity index (χ1v) is 7.69. The van der Waals surface area contributed by atoms with E-state index in [1.54, 1.807) is 11.8 Å². The minimum absolute atomic E-state index is 0.0472. The van der Waals surface area contributed by atoms with Crippen LogP contribution in [-0.4, -0.2) is 29.9 Å². The third kappa shape index (κ3) is 5.52. The number of thioether (sulfide) groups is 1. The zero-order valence-electron chi connectivity index (χ0n) is 11.7. The van der Waals surface area contributed by atoms with Crippen molar-refractivity contribution in [1.82, 2.24) is 5.32 Å². The summed E-state index contributed by atoms with van der Waals surface area (Å²) in [6, 6.07) is 7.22. The second-order valence-corrected chi connectivity index (χ2v) is 5.26. The van der Waals surface area contributed by atoms with Gasteiger partial charge in [-0.25, -0.2) is 4.79 Å². The average Bonchev–Trinajstić information content (AvgIpc) is 2.43. The number of benzene rings is 1. The van der Waals surface area contributed by atoms with Gasteiger partial charge in [0, 0.05) is 17.9 Å². The van der Waals surface area contributed by atoms with Crippen molar-refractivity contribution < 1.29 is 14.7 Å². The Morgan fingerprint density at radius 1 is 1.35 bits per heavy atom. The van der Waals surface area contributed by atoms with Crippen LogP contribution >= 0.6 is 11.8 Å². The smallest absolute Gasteiger partial charge is 0.319 e. The monoisotopic (exact) mass is 296 g/mol. The number of carbonyl (C=O) groups is 2. The number of para-hydroxylation sites is 1. The molecule has 6 heteroatoms. The summed E-state index contributed by atoms with van der Waals surface area (Å²) in [7, 11) is 0. The summed E-state index contributed by atoms with van der Waals surface area (Å²) in [5.41, 5.74) is 0.754. The normalized spacial score (nSPS) is 11.7. The largest absolute Gasteiger partial charge is 0.481 e. The highest BCUT2D eigenvalue weighted by Gasteiger charge is 2.13. The molecule has 0 bridgehead atoms. The van der Waals surface area contributed by atoms with Crippen LogP contribution in [0.1, 0.15) is 19.8 Å². The van der Waals surface area contributed by atoms with Crippen LogP contribution in [0, 0.1) is 5.92 Å². The summed E-state index contributed by atoms with van der Waals surface area (Å²) in [5.74, 6) is -0.888. The van der Waals surface area contributed by atoms with E-state index in [1.165, 1.54) is 0 Å². The fraction of sp³-hybridized carbons (Fsp3) is 0.429. The molecular weight excluding hydrogens is 276 g/mol. The highest BCUT2D eigenvalue weighted by Crippen LogP contribution is 2.24. The Balaban J connectivity index is 2.49. The van der Waals surface area contributed by atoms with Crippen LogP contribution in [0.25, 0.3) is 0 Å². The van der Waals surface area contributed by atoms with Gasteiger partial charge in [-0.2, -0.15) is 0 Å². The number of carboxylic acids is 1. The summed E-state index contributed by atoms with van der Waals surface area (Å²) in [4.78, 5) is 23.5. The summed E-state index contributed by atoms with van der Waals surface area (Å²) >= 11 is 1.55. The lowest BCUT2D eigenvalue weighted by Gasteiger charge is -2.15. The number of urea groups is 1. The Morgan fingerprint density at radius 2 is 2.05 bits per heavy atom. The third-order valence-corrected chi connectivity index (χ3v) is 3.74. The molecule has 1 unspecified atom stereocenters. The molecular formula is C14H20N2O3S. The van der Waals surface area contributed by atoms with Gasteiger partial charge in [0.25, 0.3) is 0 Å². The Hall–Kier alpha value is -1.69. The number of carboxylic acid groups (broad SMARTS) is 1. The first-order chi connectivity index (χ1) is 9.56. The Kier molecular flexibility index (Phi) is 6.93. The lowest BCUT2D eigenvalue weighted by molar-refractivity contribution is -0.138. The van der Waals surface area contributed by atoms with Gasteiger partial charge in [-0.15, -0.1) is 11.8 Å². The van der Waals surface area contributed by atoms with Crippen molar-refractivity contribution >= 4 is 29.4 Å². The average molecular weight is 296 g/mol. The van der Waals surface area contributed by atoms with E-state index in [-0.39, 0.29) is 18.4 Å². The summed E-state index contributed by atoms with van der Waals surface area (Å²) in [6.45, 7) is 2.27. The maximum absolute atomic E-state index is 11.8. The standard InChI is InChI=1S/C14H20N2O3S/c1-3-10(8-13(17)18)9-15-14(19)16-11-6-4-5-7-12(11)20-2/h4-7,10H,3,8-9H2,1-2H3,(H,17,18)(H2,15,16,19). The van der Waals surface area contributed by atoms with Crippen LogP contribution in [0.15, 0.2) is 29.2 Å². The lowest BCUT2D eigenvalue weighted by atomic mass is 10.0. The molecule has 1 rings (SSSR count). The van der Waals surface area contributed by atoms with E-state index in [0.29, 0.717) is 13.0 Å². The summed E-state index contributed by atoms with van der Waals surface area (Å²) in [6.07, 6.45) is 2.73. The number of rotatable bonds is 7. The van der Waals surface area contributed by atoms with Crippen molar-refractivity contribution in [2.45, 2.75) is 24.7 Å². The van der Waals surface area contributed by atoms with E-state index in [1.807, 2.05) is 37.4 Å². The molecule has 0 saturated carbocycles. The molecule has 2 amide bonds. The van der Waals surface area contributed by atoms with E-state index >= 15 is 0 Å². The minimum Gasteiger partial charge on any atom is -0.481 e. The predicted molar refractivity (Wildman–Crippen MR) is 81.3 cm³/mol. The van der Waals surface area contributed by atoms with Gasteiger partial charge in [-0.05, 0) is 24.3 Å². The number of anilines is 1.